The van der Waals surface area contributed by atoms with Gasteiger partial charge in [0.25, 0.3) is 0 Å². The normalized spacial score (nSPS) is 10.0. The van der Waals surface area contributed by atoms with E-state index in [4.69, 9.17) is 4.74 Å². The SMILES string of the molecule is CC(=O)SCC#CC(=O)OC(C)(C)C. The molecule has 0 bridgehead atoms. The molecule has 0 saturated carbocycles. The van der Waals surface area contributed by atoms with Crippen LogP contribution in [0.5, 0.6) is 0 Å². The summed E-state index contributed by atoms with van der Waals surface area (Å²) in [6.45, 7) is 6.78. The van der Waals surface area contributed by atoms with E-state index in [0.717, 1.165) is 11.8 Å². The van der Waals surface area contributed by atoms with Gasteiger partial charge in [0, 0.05) is 12.8 Å². The van der Waals surface area contributed by atoms with Gasteiger partial charge in [0.2, 0.25) is 0 Å². The molecule has 0 saturated heterocycles. The third kappa shape index (κ3) is 9.14. The van der Waals surface area contributed by atoms with E-state index in [1.54, 1.807) is 20.8 Å². The maximum atomic E-state index is 11.0. The number of carbonyl (C=O) groups is 2. The standard InChI is InChI=1S/C10H14O3S/c1-8(11)14-7-5-6-9(12)13-10(2,3)4/h7H2,1-4H3. The quantitative estimate of drug-likeness (QED) is 0.378. The zero-order valence-corrected chi connectivity index (χ0v) is 9.66. The van der Waals surface area contributed by atoms with Crippen LogP contribution in [0.3, 0.4) is 0 Å². The molecular weight excluding hydrogens is 200 g/mol. The minimum absolute atomic E-state index is 0.0107. The van der Waals surface area contributed by atoms with E-state index >= 15 is 0 Å². The molecule has 0 aliphatic carbocycles. The van der Waals surface area contributed by atoms with Crippen molar-refractivity contribution in [3.8, 4) is 11.8 Å². The molecule has 0 aromatic rings. The predicted molar refractivity (Wildman–Crippen MR) is 56.8 cm³/mol. The fraction of sp³-hybridized carbons (Fsp3) is 0.600. The van der Waals surface area contributed by atoms with Crippen molar-refractivity contribution in [2.45, 2.75) is 33.3 Å². The summed E-state index contributed by atoms with van der Waals surface area (Å²) in [6, 6.07) is 0. The maximum absolute atomic E-state index is 11.0. The van der Waals surface area contributed by atoms with Gasteiger partial charge >= 0.3 is 5.97 Å². The van der Waals surface area contributed by atoms with E-state index in [1.165, 1.54) is 6.92 Å². The van der Waals surface area contributed by atoms with Crippen molar-refractivity contribution < 1.29 is 14.3 Å². The second-order valence-corrected chi connectivity index (χ2v) is 4.74. The molecule has 0 aliphatic heterocycles. The molecule has 3 nitrogen and oxygen atoms in total. The van der Waals surface area contributed by atoms with Crippen molar-refractivity contribution in [1.82, 2.24) is 0 Å². The van der Waals surface area contributed by atoms with Crippen LogP contribution >= 0.6 is 11.8 Å². The molecule has 78 valence electrons. The Morgan fingerprint density at radius 3 is 2.36 bits per heavy atom. The highest BCUT2D eigenvalue weighted by molar-refractivity contribution is 8.13. The van der Waals surface area contributed by atoms with Crippen LogP contribution in [-0.2, 0) is 14.3 Å². The molecule has 14 heavy (non-hydrogen) atoms. The van der Waals surface area contributed by atoms with Gasteiger partial charge in [-0.05, 0) is 20.8 Å². The lowest BCUT2D eigenvalue weighted by molar-refractivity contribution is -0.147. The molecule has 0 spiro atoms. The fourth-order valence-electron chi connectivity index (χ4n) is 0.550. The largest absolute Gasteiger partial charge is 0.450 e. The number of hydrogen-bond acceptors (Lipinski definition) is 4. The van der Waals surface area contributed by atoms with Gasteiger partial charge in [0.05, 0.1) is 5.75 Å². The summed E-state index contributed by atoms with van der Waals surface area (Å²) in [5, 5.41) is -0.0107. The van der Waals surface area contributed by atoms with E-state index < -0.39 is 11.6 Å². The van der Waals surface area contributed by atoms with Crippen LogP contribution in [0.25, 0.3) is 0 Å². The second-order valence-electron chi connectivity index (χ2n) is 3.58. The van der Waals surface area contributed by atoms with E-state index in [-0.39, 0.29) is 5.12 Å². The van der Waals surface area contributed by atoms with Crippen molar-refractivity contribution in [2.24, 2.45) is 0 Å². The zero-order valence-electron chi connectivity index (χ0n) is 8.84. The van der Waals surface area contributed by atoms with Gasteiger partial charge in [-0.15, -0.1) is 0 Å². The lowest BCUT2D eigenvalue weighted by atomic mass is 10.2. The third-order valence-corrected chi connectivity index (χ3v) is 1.63. The molecule has 4 heteroatoms. The van der Waals surface area contributed by atoms with Gasteiger partial charge < -0.3 is 4.74 Å². The Labute approximate surface area is 88.6 Å². The van der Waals surface area contributed by atoms with E-state index in [1.807, 2.05) is 0 Å². The topological polar surface area (TPSA) is 43.4 Å². The Hall–Kier alpha value is -0.950. The van der Waals surface area contributed by atoms with Gasteiger partial charge in [-0.1, -0.05) is 17.7 Å². The van der Waals surface area contributed by atoms with Crippen LogP contribution < -0.4 is 0 Å². The average Bonchev–Trinajstić information content (AvgIpc) is 1.94. The number of esters is 1. The van der Waals surface area contributed by atoms with Crippen LogP contribution in [0.2, 0.25) is 0 Å². The summed E-state index contributed by atoms with van der Waals surface area (Å²) < 4.78 is 4.94. The number of carbonyl (C=O) groups excluding carboxylic acids is 2. The Morgan fingerprint density at radius 1 is 1.36 bits per heavy atom. The smallest absolute Gasteiger partial charge is 0.384 e. The highest BCUT2D eigenvalue weighted by Crippen LogP contribution is 2.06. The number of ether oxygens (including phenoxy) is 1. The molecule has 0 aromatic carbocycles. The number of rotatable bonds is 1. The Kier molecular flexibility index (Phi) is 5.32. The third-order valence-electron chi connectivity index (χ3n) is 0.937. The molecule has 0 unspecified atom stereocenters. The summed E-state index contributed by atoms with van der Waals surface area (Å²) in [5.41, 5.74) is -0.514. The fourth-order valence-corrected chi connectivity index (χ4v) is 0.897. The lowest BCUT2D eigenvalue weighted by Crippen LogP contribution is -2.22. The van der Waals surface area contributed by atoms with E-state index in [0.29, 0.717) is 5.75 Å². The van der Waals surface area contributed by atoms with Gasteiger partial charge in [0.1, 0.15) is 5.60 Å². The number of thioether (sulfide) groups is 1. The van der Waals surface area contributed by atoms with Crippen molar-refractivity contribution in [2.75, 3.05) is 5.75 Å². The van der Waals surface area contributed by atoms with Gasteiger partial charge in [0.15, 0.2) is 5.12 Å². The predicted octanol–water partition coefficient (Wildman–Crippen LogP) is 1.61. The Balaban J connectivity index is 3.88. The first-order valence-corrected chi connectivity index (χ1v) is 5.15. The van der Waals surface area contributed by atoms with Gasteiger partial charge in [-0.2, -0.15) is 0 Å². The first kappa shape index (κ1) is 13.1. The molecular formula is C10H14O3S. The van der Waals surface area contributed by atoms with E-state index in [2.05, 4.69) is 11.8 Å². The van der Waals surface area contributed by atoms with Crippen molar-refractivity contribution in [3.63, 3.8) is 0 Å². The molecule has 0 aromatic heterocycles. The zero-order chi connectivity index (χ0) is 11.2. The van der Waals surface area contributed by atoms with Crippen LogP contribution in [0.15, 0.2) is 0 Å². The first-order valence-electron chi connectivity index (χ1n) is 4.16. The Morgan fingerprint density at radius 2 is 1.93 bits per heavy atom. The van der Waals surface area contributed by atoms with Crippen molar-refractivity contribution >= 4 is 22.8 Å². The van der Waals surface area contributed by atoms with Crippen LogP contribution in [-0.4, -0.2) is 22.4 Å². The molecule has 0 fully saturated rings. The molecule has 0 aliphatic rings. The molecule has 0 atom stereocenters. The number of hydrogen-bond donors (Lipinski definition) is 0. The highest BCUT2D eigenvalue weighted by Gasteiger charge is 2.13. The molecule has 0 heterocycles. The van der Waals surface area contributed by atoms with Crippen molar-refractivity contribution in [1.29, 1.82) is 0 Å². The Bertz CT molecular complexity index is 278. The van der Waals surface area contributed by atoms with E-state index in [9.17, 15) is 9.59 Å². The monoisotopic (exact) mass is 214 g/mol. The van der Waals surface area contributed by atoms with Gasteiger partial charge in [-0.3, -0.25) is 4.79 Å². The van der Waals surface area contributed by atoms with Crippen LogP contribution in [0.1, 0.15) is 27.7 Å². The average molecular weight is 214 g/mol. The summed E-state index contributed by atoms with van der Waals surface area (Å²) in [4.78, 5) is 21.5. The summed E-state index contributed by atoms with van der Waals surface area (Å²) in [5.74, 6) is 4.64. The summed E-state index contributed by atoms with van der Waals surface area (Å²) in [7, 11) is 0. The summed E-state index contributed by atoms with van der Waals surface area (Å²) >= 11 is 1.07. The second kappa shape index (κ2) is 5.71. The van der Waals surface area contributed by atoms with Crippen LogP contribution in [0, 0.1) is 11.8 Å². The molecule has 0 rings (SSSR count). The minimum Gasteiger partial charge on any atom is -0.450 e. The molecule has 0 radical (unpaired) electrons. The maximum Gasteiger partial charge on any atom is 0.384 e. The first-order chi connectivity index (χ1) is 6.31. The van der Waals surface area contributed by atoms with Crippen molar-refractivity contribution in [3.05, 3.63) is 0 Å². The lowest BCUT2D eigenvalue weighted by Gasteiger charge is -2.16. The minimum atomic E-state index is -0.554. The van der Waals surface area contributed by atoms with Crippen LogP contribution in [0.4, 0.5) is 0 Å². The van der Waals surface area contributed by atoms with Gasteiger partial charge in [-0.25, -0.2) is 4.79 Å². The molecule has 0 N–H and O–H groups in total. The summed E-state index contributed by atoms with van der Waals surface area (Å²) in [6.07, 6.45) is 0. The highest BCUT2D eigenvalue weighted by atomic mass is 32.2. The molecule has 0 amide bonds.